The van der Waals surface area contributed by atoms with Crippen LogP contribution >= 0.6 is 0 Å². The standard InChI is InChI=1S/2C20H27N3O6/c2*1-4-29-19(27)15(11-10-14-8-6-5-7-9-14)21-13(2)17(24)23-16(18(25)26)12-22(3)20(23)28/h2*5-9,13,15-16,21H,4,10-12H2,1-3H3,(H,25,26)/t2*13-,15-,16-/m00/s1. The van der Waals surface area contributed by atoms with E-state index in [9.17, 15) is 48.6 Å². The van der Waals surface area contributed by atoms with Gasteiger partial charge in [-0.3, -0.25) is 29.8 Å². The summed E-state index contributed by atoms with van der Waals surface area (Å²) in [5.74, 6) is -4.89. The number of imide groups is 2. The van der Waals surface area contributed by atoms with Crippen LogP contribution in [0.4, 0.5) is 9.59 Å². The lowest BCUT2D eigenvalue weighted by atomic mass is 10.0. The van der Waals surface area contributed by atoms with E-state index in [1.54, 1.807) is 13.8 Å². The zero-order valence-electron chi connectivity index (χ0n) is 33.7. The second-order valence-corrected chi connectivity index (χ2v) is 13.9. The summed E-state index contributed by atoms with van der Waals surface area (Å²) in [7, 11) is 2.87. The van der Waals surface area contributed by atoms with Crippen LogP contribution in [0.25, 0.3) is 0 Å². The number of carboxylic acids is 2. The van der Waals surface area contributed by atoms with E-state index >= 15 is 0 Å². The van der Waals surface area contributed by atoms with E-state index in [4.69, 9.17) is 9.47 Å². The Hall–Kier alpha value is -5.88. The predicted molar refractivity (Wildman–Crippen MR) is 208 cm³/mol. The van der Waals surface area contributed by atoms with Crippen molar-refractivity contribution in [3.05, 3.63) is 71.8 Å². The maximum atomic E-state index is 12.8. The molecule has 2 heterocycles. The molecule has 2 aliphatic rings. The first-order valence-electron chi connectivity index (χ1n) is 19.1. The van der Waals surface area contributed by atoms with Crippen molar-refractivity contribution in [1.29, 1.82) is 0 Å². The zero-order chi connectivity index (χ0) is 43.1. The van der Waals surface area contributed by atoms with Crippen LogP contribution in [-0.4, -0.2) is 154 Å². The highest BCUT2D eigenvalue weighted by Crippen LogP contribution is 2.19. The van der Waals surface area contributed by atoms with Gasteiger partial charge in [0.15, 0.2) is 12.1 Å². The molecule has 6 amide bonds. The first kappa shape index (κ1) is 46.5. The Labute approximate surface area is 337 Å². The number of nitrogens with zero attached hydrogens (tertiary/aromatic N) is 4. The van der Waals surface area contributed by atoms with Gasteiger partial charge in [0.25, 0.3) is 0 Å². The van der Waals surface area contributed by atoms with Gasteiger partial charge in [-0.2, -0.15) is 0 Å². The first-order valence-corrected chi connectivity index (χ1v) is 19.1. The lowest BCUT2D eigenvalue weighted by Crippen LogP contribution is -2.54. The van der Waals surface area contributed by atoms with E-state index in [0.29, 0.717) is 25.7 Å². The quantitative estimate of drug-likeness (QED) is 0.157. The van der Waals surface area contributed by atoms with Crippen LogP contribution < -0.4 is 10.6 Å². The lowest BCUT2D eigenvalue weighted by Gasteiger charge is -2.26. The van der Waals surface area contributed by atoms with Gasteiger partial charge in [-0.15, -0.1) is 0 Å². The third-order valence-electron chi connectivity index (χ3n) is 9.54. The molecule has 2 saturated heterocycles. The topological polar surface area (TPSA) is 232 Å². The number of carbonyl (C=O) groups is 8. The Balaban J connectivity index is 0.000000310. The molecule has 0 saturated carbocycles. The molecule has 0 aromatic heterocycles. The lowest BCUT2D eigenvalue weighted by molar-refractivity contribution is -0.149. The van der Waals surface area contributed by atoms with Crippen LogP contribution in [0.15, 0.2) is 60.7 Å². The van der Waals surface area contributed by atoms with Crippen molar-refractivity contribution < 1.29 is 58.0 Å². The summed E-state index contributed by atoms with van der Waals surface area (Å²) >= 11 is 0. The summed E-state index contributed by atoms with van der Waals surface area (Å²) in [6.07, 6.45) is 1.94. The molecule has 4 N–H and O–H groups in total. The molecule has 0 unspecified atom stereocenters. The van der Waals surface area contributed by atoms with Crippen LogP contribution in [0.3, 0.4) is 0 Å². The van der Waals surface area contributed by atoms with Crippen molar-refractivity contribution in [3.63, 3.8) is 0 Å². The summed E-state index contributed by atoms with van der Waals surface area (Å²) in [6, 6.07) is 11.8. The van der Waals surface area contributed by atoms with Gasteiger partial charge < -0.3 is 29.5 Å². The monoisotopic (exact) mass is 810 g/mol. The molecule has 6 atom stereocenters. The molecule has 18 nitrogen and oxygen atoms in total. The fraction of sp³-hybridized carbons (Fsp3) is 0.500. The largest absolute Gasteiger partial charge is 0.480 e. The third kappa shape index (κ3) is 12.6. The summed E-state index contributed by atoms with van der Waals surface area (Å²) < 4.78 is 10.2. The number of amides is 6. The van der Waals surface area contributed by atoms with Crippen molar-refractivity contribution in [2.45, 2.75) is 89.6 Å². The number of rotatable bonds is 18. The van der Waals surface area contributed by atoms with Gasteiger partial charge in [-0.05, 0) is 64.5 Å². The summed E-state index contributed by atoms with van der Waals surface area (Å²) in [5.41, 5.74) is 2.06. The van der Waals surface area contributed by atoms with Gasteiger partial charge >= 0.3 is 35.9 Å². The molecule has 316 valence electrons. The smallest absolute Gasteiger partial charge is 0.328 e. The van der Waals surface area contributed by atoms with Crippen molar-refractivity contribution in [1.82, 2.24) is 30.2 Å². The molecule has 0 bridgehead atoms. The average Bonchev–Trinajstić information content (AvgIpc) is 3.68. The number of likely N-dealkylation sites (N-methyl/N-ethyl adjacent to an activating group) is 2. The minimum Gasteiger partial charge on any atom is -0.480 e. The number of aliphatic carboxylic acids is 2. The molecule has 0 radical (unpaired) electrons. The minimum atomic E-state index is -1.26. The summed E-state index contributed by atoms with van der Waals surface area (Å²) in [5, 5.41) is 24.5. The van der Waals surface area contributed by atoms with Gasteiger partial charge in [0.05, 0.1) is 38.4 Å². The summed E-state index contributed by atoms with van der Waals surface area (Å²) in [6.45, 7) is 6.61. The van der Waals surface area contributed by atoms with Gasteiger partial charge in [0, 0.05) is 14.1 Å². The van der Waals surface area contributed by atoms with Crippen LogP contribution in [0.1, 0.15) is 51.7 Å². The van der Waals surface area contributed by atoms with E-state index in [-0.39, 0.29) is 26.3 Å². The van der Waals surface area contributed by atoms with Crippen LogP contribution in [0.5, 0.6) is 0 Å². The highest BCUT2D eigenvalue weighted by Gasteiger charge is 2.46. The number of ether oxygens (including phenoxy) is 2. The van der Waals surface area contributed by atoms with E-state index < -0.39 is 84.0 Å². The van der Waals surface area contributed by atoms with E-state index in [1.165, 1.54) is 37.7 Å². The molecule has 2 aliphatic heterocycles. The number of hydrogen-bond acceptors (Lipinski definition) is 12. The van der Waals surface area contributed by atoms with Crippen molar-refractivity contribution in [3.8, 4) is 0 Å². The van der Waals surface area contributed by atoms with Gasteiger partial charge in [-0.25, -0.2) is 29.0 Å². The molecule has 2 fully saturated rings. The normalized spacial score (nSPS) is 18.4. The second kappa shape index (κ2) is 22.2. The van der Waals surface area contributed by atoms with Crippen molar-refractivity contribution in [2.75, 3.05) is 40.4 Å². The Bertz CT molecular complexity index is 1640. The molecule has 4 rings (SSSR count). The molecular formula is C40H54N6O12. The summed E-state index contributed by atoms with van der Waals surface area (Å²) in [4.78, 5) is 102. The number of aryl methyl sites for hydroxylation is 2. The molecule has 2 aromatic rings. The fourth-order valence-corrected chi connectivity index (χ4v) is 6.44. The maximum Gasteiger partial charge on any atom is 0.328 e. The van der Waals surface area contributed by atoms with Crippen LogP contribution in [-0.2, 0) is 51.1 Å². The minimum absolute atomic E-state index is 0.0814. The Kier molecular flexibility index (Phi) is 17.8. The van der Waals surface area contributed by atoms with Crippen molar-refractivity contribution in [2.24, 2.45) is 0 Å². The first-order chi connectivity index (χ1) is 27.5. The zero-order valence-corrected chi connectivity index (χ0v) is 33.7. The number of urea groups is 2. The second-order valence-electron chi connectivity index (χ2n) is 13.9. The van der Waals surface area contributed by atoms with Crippen LogP contribution in [0, 0.1) is 0 Å². The fourth-order valence-electron chi connectivity index (χ4n) is 6.44. The predicted octanol–water partition coefficient (Wildman–Crippen LogP) is 1.75. The Morgan fingerprint density at radius 2 is 0.966 bits per heavy atom. The number of hydrogen-bond donors (Lipinski definition) is 4. The van der Waals surface area contributed by atoms with Gasteiger partial charge in [-0.1, -0.05) is 60.7 Å². The molecule has 2 aromatic carbocycles. The third-order valence-corrected chi connectivity index (χ3v) is 9.54. The van der Waals surface area contributed by atoms with Gasteiger partial charge in [0.2, 0.25) is 11.8 Å². The average molecular weight is 811 g/mol. The van der Waals surface area contributed by atoms with Crippen molar-refractivity contribution >= 4 is 47.8 Å². The molecule has 0 aliphatic carbocycles. The van der Waals surface area contributed by atoms with Crippen LogP contribution in [0.2, 0.25) is 0 Å². The molecular weight excluding hydrogens is 756 g/mol. The maximum absolute atomic E-state index is 12.8. The number of carboxylic acid groups (broad SMARTS) is 2. The Morgan fingerprint density at radius 1 is 0.638 bits per heavy atom. The van der Waals surface area contributed by atoms with E-state index in [2.05, 4.69) is 10.6 Å². The SMILES string of the molecule is CCOC(=O)[C@H](CCc1ccccc1)N[C@@H](C)C(=O)N1C(=O)N(C)C[C@H]1C(=O)O.CCOC(=O)[C@H](CCc1ccccc1)N[C@@H](C)C(=O)N1C(=O)N(C)C[C@H]1C(=O)O. The number of benzene rings is 2. The van der Waals surface area contributed by atoms with E-state index in [0.717, 1.165) is 20.9 Å². The number of carbonyl (C=O) groups excluding carboxylic acids is 6. The van der Waals surface area contributed by atoms with Gasteiger partial charge in [0.1, 0.15) is 12.1 Å². The number of esters is 2. The highest BCUT2D eigenvalue weighted by atomic mass is 16.5. The molecule has 0 spiro atoms. The Morgan fingerprint density at radius 3 is 1.26 bits per heavy atom. The van der Waals surface area contributed by atoms with E-state index in [1.807, 2.05) is 60.7 Å². The highest BCUT2D eigenvalue weighted by molar-refractivity contribution is 6.03. The molecule has 58 heavy (non-hydrogen) atoms. The molecule has 18 heteroatoms. The number of nitrogens with one attached hydrogen (secondary N) is 2.